The van der Waals surface area contributed by atoms with Crippen LogP contribution in [-0.4, -0.2) is 23.5 Å². The Morgan fingerprint density at radius 2 is 1.73 bits per heavy atom. The summed E-state index contributed by atoms with van der Waals surface area (Å²) in [6.45, 7) is 6.59. The molecule has 1 saturated heterocycles. The van der Waals surface area contributed by atoms with E-state index in [9.17, 15) is 5.26 Å². The fourth-order valence-electron chi connectivity index (χ4n) is 2.68. The molecular weight excluding hydrogens is 184 g/mol. The lowest BCUT2D eigenvalue weighted by Crippen LogP contribution is -2.47. The molecule has 0 amide bonds. The molecule has 0 aromatic carbocycles. The van der Waals surface area contributed by atoms with E-state index in [0.717, 1.165) is 32.4 Å². The normalized spacial score (nSPS) is 22.7. The van der Waals surface area contributed by atoms with Crippen molar-refractivity contribution in [1.82, 2.24) is 4.90 Å². The van der Waals surface area contributed by atoms with Crippen LogP contribution in [0, 0.1) is 11.3 Å². The molecule has 0 aliphatic carbocycles. The van der Waals surface area contributed by atoms with Crippen LogP contribution >= 0.6 is 0 Å². The molecule has 0 spiro atoms. The number of hydrogen-bond acceptors (Lipinski definition) is 2. The second-order valence-corrected chi connectivity index (χ2v) is 4.65. The Bertz CT molecular complexity index is 211. The molecule has 1 aliphatic rings. The summed E-state index contributed by atoms with van der Waals surface area (Å²) in [7, 11) is 0. The van der Waals surface area contributed by atoms with Gasteiger partial charge in [0.15, 0.2) is 0 Å². The van der Waals surface area contributed by atoms with Crippen molar-refractivity contribution >= 4 is 0 Å². The monoisotopic (exact) mass is 208 g/mol. The van der Waals surface area contributed by atoms with Crippen LogP contribution in [0.5, 0.6) is 0 Å². The summed E-state index contributed by atoms with van der Waals surface area (Å²) in [5, 5.41) is 9.46. The summed E-state index contributed by atoms with van der Waals surface area (Å²) < 4.78 is 0. The van der Waals surface area contributed by atoms with E-state index in [1.54, 1.807) is 0 Å². The zero-order chi connectivity index (χ0) is 11.1. The van der Waals surface area contributed by atoms with E-state index in [-0.39, 0.29) is 5.54 Å². The predicted molar refractivity (Wildman–Crippen MR) is 63.6 cm³/mol. The zero-order valence-corrected chi connectivity index (χ0v) is 10.3. The highest BCUT2D eigenvalue weighted by Gasteiger charge is 2.34. The first-order valence-electron chi connectivity index (χ1n) is 6.45. The Hall–Kier alpha value is -0.550. The fourth-order valence-corrected chi connectivity index (χ4v) is 2.68. The van der Waals surface area contributed by atoms with Crippen molar-refractivity contribution in [3.63, 3.8) is 0 Å². The summed E-state index contributed by atoms with van der Waals surface area (Å²) in [4.78, 5) is 2.45. The molecule has 0 N–H and O–H groups in total. The maximum absolute atomic E-state index is 9.46. The van der Waals surface area contributed by atoms with Gasteiger partial charge in [-0.1, -0.05) is 33.1 Å². The number of rotatable bonds is 4. The highest BCUT2D eigenvalue weighted by molar-refractivity contribution is 5.07. The van der Waals surface area contributed by atoms with Crippen molar-refractivity contribution < 1.29 is 0 Å². The Labute approximate surface area is 94.3 Å². The number of hydrogen-bond donors (Lipinski definition) is 0. The molecule has 1 rings (SSSR count). The molecule has 2 nitrogen and oxygen atoms in total. The lowest BCUT2D eigenvalue weighted by molar-refractivity contribution is 0.126. The van der Waals surface area contributed by atoms with E-state index in [0.29, 0.717) is 0 Å². The van der Waals surface area contributed by atoms with Gasteiger partial charge in [0, 0.05) is 0 Å². The summed E-state index contributed by atoms with van der Waals surface area (Å²) >= 11 is 0. The minimum atomic E-state index is -0.168. The molecule has 0 bridgehead atoms. The van der Waals surface area contributed by atoms with Crippen LogP contribution in [0.1, 0.15) is 58.8 Å². The fraction of sp³-hybridized carbons (Fsp3) is 0.923. The average Bonchev–Trinajstić information content (AvgIpc) is 2.55. The van der Waals surface area contributed by atoms with Crippen LogP contribution in [0.25, 0.3) is 0 Å². The van der Waals surface area contributed by atoms with Crippen LogP contribution in [0.3, 0.4) is 0 Å². The van der Waals surface area contributed by atoms with Gasteiger partial charge in [0.2, 0.25) is 0 Å². The van der Waals surface area contributed by atoms with E-state index in [1.165, 1.54) is 25.7 Å². The van der Waals surface area contributed by atoms with E-state index in [4.69, 9.17) is 0 Å². The van der Waals surface area contributed by atoms with Crippen molar-refractivity contribution in [2.75, 3.05) is 13.1 Å². The van der Waals surface area contributed by atoms with Gasteiger partial charge in [-0.3, -0.25) is 4.90 Å². The largest absolute Gasteiger partial charge is 0.286 e. The maximum Gasteiger partial charge on any atom is 0.108 e. The molecule has 15 heavy (non-hydrogen) atoms. The van der Waals surface area contributed by atoms with E-state index >= 15 is 0 Å². The van der Waals surface area contributed by atoms with E-state index < -0.39 is 0 Å². The van der Waals surface area contributed by atoms with Crippen molar-refractivity contribution in [3.8, 4) is 6.07 Å². The van der Waals surface area contributed by atoms with Gasteiger partial charge in [-0.05, 0) is 38.8 Å². The third kappa shape index (κ3) is 2.95. The average molecular weight is 208 g/mol. The lowest BCUT2D eigenvalue weighted by atomic mass is 9.90. The third-order valence-corrected chi connectivity index (χ3v) is 3.67. The molecule has 0 aromatic rings. The van der Waals surface area contributed by atoms with Gasteiger partial charge in [0.05, 0.1) is 6.07 Å². The van der Waals surface area contributed by atoms with Gasteiger partial charge in [0.1, 0.15) is 5.54 Å². The van der Waals surface area contributed by atoms with Gasteiger partial charge in [-0.25, -0.2) is 0 Å². The molecule has 1 aliphatic heterocycles. The second kappa shape index (κ2) is 6.12. The van der Waals surface area contributed by atoms with Gasteiger partial charge in [0.25, 0.3) is 0 Å². The van der Waals surface area contributed by atoms with Gasteiger partial charge >= 0.3 is 0 Å². The summed E-state index contributed by atoms with van der Waals surface area (Å²) in [5.41, 5.74) is -0.168. The summed E-state index contributed by atoms with van der Waals surface area (Å²) in [5.74, 6) is 0. The van der Waals surface area contributed by atoms with Crippen molar-refractivity contribution in [2.45, 2.75) is 64.3 Å². The molecule has 1 heterocycles. The minimum absolute atomic E-state index is 0.168. The van der Waals surface area contributed by atoms with Gasteiger partial charge in [-0.15, -0.1) is 0 Å². The first-order valence-corrected chi connectivity index (χ1v) is 6.45. The van der Waals surface area contributed by atoms with E-state index in [2.05, 4.69) is 24.8 Å². The second-order valence-electron chi connectivity index (χ2n) is 4.65. The highest BCUT2D eigenvalue weighted by Crippen LogP contribution is 2.27. The smallest absolute Gasteiger partial charge is 0.108 e. The van der Waals surface area contributed by atoms with Crippen molar-refractivity contribution in [2.24, 2.45) is 0 Å². The topological polar surface area (TPSA) is 27.0 Å². The molecule has 1 atom stereocenters. The summed E-state index contributed by atoms with van der Waals surface area (Å²) in [6, 6.07) is 2.59. The highest BCUT2D eigenvalue weighted by atomic mass is 15.2. The minimum Gasteiger partial charge on any atom is -0.286 e. The van der Waals surface area contributed by atoms with Crippen LogP contribution in [0.2, 0.25) is 0 Å². The Balaban J connectivity index is 2.72. The number of nitriles is 1. The first kappa shape index (κ1) is 12.5. The molecule has 0 saturated carbocycles. The summed E-state index contributed by atoms with van der Waals surface area (Å²) in [6.07, 6.45) is 8.33. The zero-order valence-electron chi connectivity index (χ0n) is 10.3. The van der Waals surface area contributed by atoms with Crippen molar-refractivity contribution in [3.05, 3.63) is 0 Å². The van der Waals surface area contributed by atoms with Crippen LogP contribution in [0.15, 0.2) is 0 Å². The standard InChI is InChI=1S/C13H24N2/c1-3-9-13(4-2,12-14)15-10-7-5-6-8-11-15/h3-11H2,1-2H3. The van der Waals surface area contributed by atoms with Crippen LogP contribution in [0.4, 0.5) is 0 Å². The number of likely N-dealkylation sites (tertiary alicyclic amines) is 1. The Kier molecular flexibility index (Phi) is 5.11. The van der Waals surface area contributed by atoms with Gasteiger partial charge in [-0.2, -0.15) is 5.26 Å². The maximum atomic E-state index is 9.46. The van der Waals surface area contributed by atoms with Crippen LogP contribution < -0.4 is 0 Å². The van der Waals surface area contributed by atoms with Crippen LogP contribution in [-0.2, 0) is 0 Å². The van der Waals surface area contributed by atoms with Gasteiger partial charge < -0.3 is 0 Å². The first-order chi connectivity index (χ1) is 7.29. The lowest BCUT2D eigenvalue weighted by Gasteiger charge is -2.37. The molecule has 0 aromatic heterocycles. The predicted octanol–water partition coefficient (Wildman–Crippen LogP) is 3.33. The molecule has 2 heteroatoms. The molecular formula is C13H24N2. The Morgan fingerprint density at radius 3 is 2.13 bits per heavy atom. The Morgan fingerprint density at radius 1 is 1.13 bits per heavy atom. The van der Waals surface area contributed by atoms with E-state index in [1.807, 2.05) is 0 Å². The van der Waals surface area contributed by atoms with Crippen molar-refractivity contribution in [1.29, 1.82) is 5.26 Å². The third-order valence-electron chi connectivity index (χ3n) is 3.67. The quantitative estimate of drug-likeness (QED) is 0.708. The SMILES string of the molecule is CCCC(C#N)(CC)N1CCCCCC1. The number of nitrogens with zero attached hydrogens (tertiary/aromatic N) is 2. The molecule has 0 radical (unpaired) electrons. The molecule has 86 valence electrons. The molecule has 1 fully saturated rings. The molecule has 1 unspecified atom stereocenters.